The summed E-state index contributed by atoms with van der Waals surface area (Å²) in [6.07, 6.45) is 1.38. The van der Waals surface area contributed by atoms with Crippen LogP contribution >= 0.6 is 0 Å². The number of nitrogens with zero attached hydrogens (tertiary/aromatic N) is 1. The molecule has 0 aliphatic carbocycles. The van der Waals surface area contributed by atoms with Crippen LogP contribution in [-0.4, -0.2) is 43.7 Å². The Hall–Kier alpha value is -3.88. The SMILES string of the molecule is CCOc1cc(/C=N\NC(=O)C(=O)NCC(C)C)ccc1OCC(=O)Nc1ccc(C)cc1. The van der Waals surface area contributed by atoms with Crippen LogP contribution in [0.25, 0.3) is 0 Å². The highest BCUT2D eigenvalue weighted by molar-refractivity contribution is 6.35. The van der Waals surface area contributed by atoms with Crippen molar-refractivity contribution in [3.05, 3.63) is 53.6 Å². The van der Waals surface area contributed by atoms with Gasteiger partial charge in [0, 0.05) is 12.2 Å². The van der Waals surface area contributed by atoms with Crippen molar-refractivity contribution in [1.82, 2.24) is 10.7 Å². The zero-order valence-electron chi connectivity index (χ0n) is 19.3. The number of aryl methyl sites for hydroxylation is 1. The van der Waals surface area contributed by atoms with E-state index in [0.29, 0.717) is 35.9 Å². The molecule has 9 nitrogen and oxygen atoms in total. The minimum Gasteiger partial charge on any atom is -0.490 e. The third-order valence-electron chi connectivity index (χ3n) is 4.22. The maximum Gasteiger partial charge on any atom is 0.329 e. The number of rotatable bonds is 10. The summed E-state index contributed by atoms with van der Waals surface area (Å²) < 4.78 is 11.2. The number of carbonyl (C=O) groups excluding carboxylic acids is 3. The summed E-state index contributed by atoms with van der Waals surface area (Å²) in [5.41, 5.74) is 4.58. The van der Waals surface area contributed by atoms with E-state index in [9.17, 15) is 14.4 Å². The molecule has 0 aliphatic heterocycles. The Morgan fingerprint density at radius 1 is 1.00 bits per heavy atom. The van der Waals surface area contributed by atoms with E-state index in [1.807, 2.05) is 52.0 Å². The second-order valence-corrected chi connectivity index (χ2v) is 7.65. The first-order chi connectivity index (χ1) is 15.8. The van der Waals surface area contributed by atoms with Gasteiger partial charge in [0.05, 0.1) is 12.8 Å². The number of ether oxygens (including phenoxy) is 2. The minimum atomic E-state index is -0.850. The zero-order chi connectivity index (χ0) is 24.2. The second kappa shape index (κ2) is 12.8. The fraction of sp³-hybridized carbons (Fsp3) is 0.333. The van der Waals surface area contributed by atoms with Gasteiger partial charge in [0.2, 0.25) is 0 Å². The summed E-state index contributed by atoms with van der Waals surface area (Å²) in [7, 11) is 0. The predicted molar refractivity (Wildman–Crippen MR) is 126 cm³/mol. The molecule has 0 radical (unpaired) electrons. The van der Waals surface area contributed by atoms with E-state index in [2.05, 4.69) is 21.2 Å². The van der Waals surface area contributed by atoms with E-state index in [0.717, 1.165) is 5.56 Å². The van der Waals surface area contributed by atoms with Crippen molar-refractivity contribution in [2.45, 2.75) is 27.7 Å². The van der Waals surface area contributed by atoms with Gasteiger partial charge in [-0.25, -0.2) is 5.43 Å². The Morgan fingerprint density at radius 2 is 1.73 bits per heavy atom. The highest BCUT2D eigenvalue weighted by atomic mass is 16.5. The van der Waals surface area contributed by atoms with Crippen molar-refractivity contribution >= 4 is 29.6 Å². The molecule has 0 aromatic heterocycles. The molecular formula is C24H30N4O5. The maximum absolute atomic E-state index is 12.2. The number of benzene rings is 2. The van der Waals surface area contributed by atoms with Crippen LogP contribution < -0.4 is 25.5 Å². The van der Waals surface area contributed by atoms with Crippen LogP contribution in [0.2, 0.25) is 0 Å². The molecule has 2 aromatic rings. The van der Waals surface area contributed by atoms with Gasteiger partial charge in [-0.05, 0) is 55.7 Å². The van der Waals surface area contributed by atoms with Crippen molar-refractivity contribution < 1.29 is 23.9 Å². The summed E-state index contributed by atoms with van der Waals surface area (Å²) in [5, 5.41) is 9.08. The van der Waals surface area contributed by atoms with Gasteiger partial charge in [-0.3, -0.25) is 14.4 Å². The third kappa shape index (κ3) is 9.02. The van der Waals surface area contributed by atoms with E-state index in [1.165, 1.54) is 6.21 Å². The molecule has 0 spiro atoms. The average molecular weight is 455 g/mol. The topological polar surface area (TPSA) is 118 Å². The first kappa shape index (κ1) is 25.4. The van der Waals surface area contributed by atoms with Crippen molar-refractivity contribution in [1.29, 1.82) is 0 Å². The Labute approximate surface area is 193 Å². The van der Waals surface area contributed by atoms with Gasteiger partial charge in [-0.15, -0.1) is 0 Å². The minimum absolute atomic E-state index is 0.192. The quantitative estimate of drug-likeness (QED) is 0.290. The van der Waals surface area contributed by atoms with E-state index in [1.54, 1.807) is 18.2 Å². The van der Waals surface area contributed by atoms with Gasteiger partial charge in [-0.2, -0.15) is 5.10 Å². The summed E-state index contributed by atoms with van der Waals surface area (Å²) in [4.78, 5) is 35.6. The molecule has 0 heterocycles. The van der Waals surface area contributed by atoms with Crippen molar-refractivity contribution in [3.63, 3.8) is 0 Å². The highest BCUT2D eigenvalue weighted by Crippen LogP contribution is 2.28. The molecule has 0 saturated heterocycles. The molecule has 2 aromatic carbocycles. The Kier molecular flexibility index (Phi) is 9.88. The number of hydrogen-bond acceptors (Lipinski definition) is 6. The summed E-state index contributed by atoms with van der Waals surface area (Å²) in [6, 6.07) is 12.4. The number of nitrogens with one attached hydrogen (secondary N) is 3. The van der Waals surface area contributed by atoms with Crippen LogP contribution in [-0.2, 0) is 14.4 Å². The molecule has 0 aliphatic rings. The Bertz CT molecular complexity index is 987. The van der Waals surface area contributed by atoms with Gasteiger partial charge in [0.15, 0.2) is 18.1 Å². The molecule has 3 amide bonds. The lowest BCUT2D eigenvalue weighted by atomic mass is 10.2. The number of anilines is 1. The van der Waals surface area contributed by atoms with Crippen LogP contribution in [0.1, 0.15) is 31.9 Å². The van der Waals surface area contributed by atoms with Crippen molar-refractivity contribution in [2.24, 2.45) is 11.0 Å². The maximum atomic E-state index is 12.2. The molecule has 2 rings (SSSR count). The molecular weight excluding hydrogens is 424 g/mol. The fourth-order valence-corrected chi connectivity index (χ4v) is 2.56. The molecule has 0 saturated carbocycles. The average Bonchev–Trinajstić information content (AvgIpc) is 2.78. The van der Waals surface area contributed by atoms with Gasteiger partial charge in [0.1, 0.15) is 0 Å². The zero-order valence-corrected chi connectivity index (χ0v) is 19.3. The molecule has 0 unspecified atom stereocenters. The van der Waals surface area contributed by atoms with Crippen LogP contribution in [0, 0.1) is 12.8 Å². The standard InChI is InChI=1S/C24H30N4O5/c1-5-32-21-12-18(14-26-28-24(31)23(30)25-13-16(2)3)8-11-20(21)33-15-22(29)27-19-9-6-17(4)7-10-19/h6-12,14,16H,5,13,15H2,1-4H3,(H,25,30)(H,27,29)(H,28,31)/b26-14-. The summed E-state index contributed by atoms with van der Waals surface area (Å²) >= 11 is 0. The first-order valence-electron chi connectivity index (χ1n) is 10.7. The lowest BCUT2D eigenvalue weighted by Gasteiger charge is -2.12. The van der Waals surface area contributed by atoms with E-state index in [-0.39, 0.29) is 18.4 Å². The lowest BCUT2D eigenvalue weighted by Crippen LogP contribution is -2.39. The number of hydrogen-bond donors (Lipinski definition) is 3. The van der Waals surface area contributed by atoms with E-state index < -0.39 is 11.8 Å². The monoisotopic (exact) mass is 454 g/mol. The molecule has 33 heavy (non-hydrogen) atoms. The molecule has 176 valence electrons. The van der Waals surface area contributed by atoms with Crippen LogP contribution in [0.5, 0.6) is 11.5 Å². The van der Waals surface area contributed by atoms with Gasteiger partial charge >= 0.3 is 11.8 Å². The van der Waals surface area contributed by atoms with Crippen LogP contribution in [0.15, 0.2) is 47.6 Å². The van der Waals surface area contributed by atoms with Gasteiger partial charge in [0.25, 0.3) is 5.91 Å². The smallest absolute Gasteiger partial charge is 0.329 e. The largest absolute Gasteiger partial charge is 0.490 e. The van der Waals surface area contributed by atoms with Gasteiger partial charge in [-0.1, -0.05) is 31.5 Å². The Morgan fingerprint density at radius 3 is 2.39 bits per heavy atom. The van der Waals surface area contributed by atoms with Crippen LogP contribution in [0.3, 0.4) is 0 Å². The number of amides is 3. The first-order valence-corrected chi connectivity index (χ1v) is 10.7. The third-order valence-corrected chi connectivity index (χ3v) is 4.22. The number of carbonyl (C=O) groups is 3. The van der Waals surface area contributed by atoms with Gasteiger partial charge < -0.3 is 20.1 Å². The molecule has 3 N–H and O–H groups in total. The highest BCUT2D eigenvalue weighted by Gasteiger charge is 2.13. The Balaban J connectivity index is 1.93. The summed E-state index contributed by atoms with van der Waals surface area (Å²) in [6.45, 7) is 8.24. The second-order valence-electron chi connectivity index (χ2n) is 7.65. The van der Waals surface area contributed by atoms with E-state index in [4.69, 9.17) is 9.47 Å². The molecule has 9 heteroatoms. The number of hydrazone groups is 1. The van der Waals surface area contributed by atoms with Crippen molar-refractivity contribution in [2.75, 3.05) is 25.1 Å². The predicted octanol–water partition coefficient (Wildman–Crippen LogP) is 2.63. The van der Waals surface area contributed by atoms with Crippen LogP contribution in [0.4, 0.5) is 5.69 Å². The molecule has 0 fully saturated rings. The molecule has 0 bridgehead atoms. The van der Waals surface area contributed by atoms with Crippen molar-refractivity contribution in [3.8, 4) is 11.5 Å². The summed E-state index contributed by atoms with van der Waals surface area (Å²) in [5.74, 6) is -0.849. The fourth-order valence-electron chi connectivity index (χ4n) is 2.56. The normalized spacial score (nSPS) is 10.7. The van der Waals surface area contributed by atoms with E-state index >= 15 is 0 Å². The lowest BCUT2D eigenvalue weighted by molar-refractivity contribution is -0.139. The molecule has 0 atom stereocenters.